The SMILES string of the molecule is COc1ccc(C)cc1NC(=O)COC(=O)c1cc(Cl)cc(Cl)c1. The van der Waals surface area contributed by atoms with E-state index in [0.29, 0.717) is 21.5 Å². The highest BCUT2D eigenvalue weighted by molar-refractivity contribution is 6.35. The quantitative estimate of drug-likeness (QED) is 0.807. The lowest BCUT2D eigenvalue weighted by Crippen LogP contribution is -2.21. The first-order valence-corrected chi connectivity index (χ1v) is 7.72. The van der Waals surface area contributed by atoms with Crippen LogP contribution in [0.3, 0.4) is 0 Å². The number of benzene rings is 2. The van der Waals surface area contributed by atoms with Gasteiger partial charge in [0.25, 0.3) is 5.91 Å². The first-order valence-electron chi connectivity index (χ1n) is 6.97. The third kappa shape index (κ3) is 4.88. The molecule has 0 aliphatic heterocycles. The zero-order valence-corrected chi connectivity index (χ0v) is 14.6. The Morgan fingerprint density at radius 1 is 1.08 bits per heavy atom. The second-order valence-electron chi connectivity index (χ2n) is 4.99. The maximum Gasteiger partial charge on any atom is 0.338 e. The van der Waals surface area contributed by atoms with E-state index in [-0.39, 0.29) is 5.56 Å². The fraction of sp³-hybridized carbons (Fsp3) is 0.176. The van der Waals surface area contributed by atoms with E-state index in [2.05, 4.69) is 5.32 Å². The Hall–Kier alpha value is -2.24. The lowest BCUT2D eigenvalue weighted by Gasteiger charge is -2.11. The molecule has 0 saturated carbocycles. The van der Waals surface area contributed by atoms with Crippen molar-refractivity contribution < 1.29 is 19.1 Å². The van der Waals surface area contributed by atoms with Crippen LogP contribution >= 0.6 is 23.2 Å². The summed E-state index contributed by atoms with van der Waals surface area (Å²) < 4.78 is 10.1. The molecule has 1 N–H and O–H groups in total. The van der Waals surface area contributed by atoms with Crippen molar-refractivity contribution in [1.29, 1.82) is 0 Å². The van der Waals surface area contributed by atoms with Crippen LogP contribution in [0.1, 0.15) is 15.9 Å². The largest absolute Gasteiger partial charge is 0.495 e. The van der Waals surface area contributed by atoms with Crippen LogP contribution in [-0.4, -0.2) is 25.6 Å². The molecule has 2 aromatic rings. The molecule has 0 radical (unpaired) electrons. The molecule has 0 aliphatic rings. The van der Waals surface area contributed by atoms with Crippen LogP contribution in [0.4, 0.5) is 5.69 Å². The lowest BCUT2D eigenvalue weighted by molar-refractivity contribution is -0.119. The number of rotatable bonds is 5. The number of anilines is 1. The summed E-state index contributed by atoms with van der Waals surface area (Å²) in [6.45, 7) is 1.44. The molecule has 0 fully saturated rings. The van der Waals surface area contributed by atoms with Gasteiger partial charge in [-0.15, -0.1) is 0 Å². The molecule has 2 rings (SSSR count). The van der Waals surface area contributed by atoms with Gasteiger partial charge >= 0.3 is 5.97 Å². The summed E-state index contributed by atoms with van der Waals surface area (Å²) in [5.41, 5.74) is 1.63. The Morgan fingerprint density at radius 2 is 1.75 bits per heavy atom. The van der Waals surface area contributed by atoms with Gasteiger partial charge in [0, 0.05) is 10.0 Å². The van der Waals surface area contributed by atoms with E-state index in [1.165, 1.54) is 25.3 Å². The van der Waals surface area contributed by atoms with Gasteiger partial charge in [0.1, 0.15) is 5.75 Å². The van der Waals surface area contributed by atoms with Crippen molar-refractivity contribution in [2.75, 3.05) is 19.0 Å². The molecule has 0 bridgehead atoms. The standard InChI is InChI=1S/C17H15Cl2NO4/c1-10-3-4-15(23-2)14(5-10)20-16(21)9-24-17(22)11-6-12(18)8-13(19)7-11/h3-8H,9H2,1-2H3,(H,20,21). The Kier molecular flexibility index (Phi) is 6.06. The minimum atomic E-state index is -0.689. The fourth-order valence-electron chi connectivity index (χ4n) is 1.99. The molecule has 24 heavy (non-hydrogen) atoms. The molecule has 0 unspecified atom stereocenters. The predicted octanol–water partition coefficient (Wildman–Crippen LogP) is 4.11. The van der Waals surface area contributed by atoms with Crippen LogP contribution < -0.4 is 10.1 Å². The molecule has 0 spiro atoms. The fourth-order valence-corrected chi connectivity index (χ4v) is 2.52. The van der Waals surface area contributed by atoms with Crippen LogP contribution in [0.2, 0.25) is 10.0 Å². The first kappa shape index (κ1) is 18.1. The van der Waals surface area contributed by atoms with Crippen molar-refractivity contribution in [3.63, 3.8) is 0 Å². The topological polar surface area (TPSA) is 64.6 Å². The number of carbonyl (C=O) groups excluding carboxylic acids is 2. The maximum absolute atomic E-state index is 12.0. The van der Waals surface area contributed by atoms with E-state index in [1.54, 1.807) is 12.1 Å². The molecule has 0 aliphatic carbocycles. The van der Waals surface area contributed by atoms with Crippen molar-refractivity contribution in [2.24, 2.45) is 0 Å². The molecular weight excluding hydrogens is 353 g/mol. The van der Waals surface area contributed by atoms with Gasteiger partial charge in [-0.05, 0) is 42.8 Å². The number of methoxy groups -OCH3 is 1. The summed E-state index contributed by atoms with van der Waals surface area (Å²) in [4.78, 5) is 23.9. The van der Waals surface area contributed by atoms with Gasteiger partial charge in [0.15, 0.2) is 6.61 Å². The Bertz CT molecular complexity index is 757. The van der Waals surface area contributed by atoms with Gasteiger partial charge in [-0.25, -0.2) is 4.79 Å². The maximum atomic E-state index is 12.0. The molecule has 0 atom stereocenters. The van der Waals surface area contributed by atoms with Gasteiger partial charge in [-0.2, -0.15) is 0 Å². The van der Waals surface area contributed by atoms with E-state index in [1.807, 2.05) is 13.0 Å². The van der Waals surface area contributed by atoms with Gasteiger partial charge in [0.05, 0.1) is 18.4 Å². The summed E-state index contributed by atoms with van der Waals surface area (Å²) in [5, 5.41) is 3.26. The number of halogens is 2. The summed E-state index contributed by atoms with van der Waals surface area (Å²) in [7, 11) is 1.50. The summed E-state index contributed by atoms with van der Waals surface area (Å²) >= 11 is 11.7. The summed E-state index contributed by atoms with van der Waals surface area (Å²) in [6.07, 6.45) is 0. The average molecular weight is 368 g/mol. The zero-order valence-electron chi connectivity index (χ0n) is 13.1. The monoisotopic (exact) mass is 367 g/mol. The van der Waals surface area contributed by atoms with Crippen LogP contribution in [0.5, 0.6) is 5.75 Å². The number of nitrogens with one attached hydrogen (secondary N) is 1. The first-order chi connectivity index (χ1) is 11.4. The van der Waals surface area contributed by atoms with Crippen molar-refractivity contribution in [1.82, 2.24) is 0 Å². The predicted molar refractivity (Wildman–Crippen MR) is 93.1 cm³/mol. The van der Waals surface area contributed by atoms with Gasteiger partial charge in [-0.1, -0.05) is 29.3 Å². The molecule has 5 nitrogen and oxygen atoms in total. The molecule has 0 aromatic heterocycles. The lowest BCUT2D eigenvalue weighted by atomic mass is 10.2. The van der Waals surface area contributed by atoms with Crippen molar-refractivity contribution >= 4 is 40.8 Å². The number of hydrogen-bond acceptors (Lipinski definition) is 4. The number of ether oxygens (including phenoxy) is 2. The molecule has 7 heteroatoms. The van der Waals surface area contributed by atoms with Gasteiger partial charge in [0.2, 0.25) is 0 Å². The van der Waals surface area contributed by atoms with Crippen LogP contribution in [0.25, 0.3) is 0 Å². The number of carbonyl (C=O) groups is 2. The Morgan fingerprint density at radius 3 is 2.38 bits per heavy atom. The third-order valence-electron chi connectivity index (χ3n) is 3.06. The number of hydrogen-bond donors (Lipinski definition) is 1. The van der Waals surface area contributed by atoms with E-state index < -0.39 is 18.5 Å². The average Bonchev–Trinajstić information content (AvgIpc) is 2.52. The Balaban J connectivity index is 1.98. The Labute approximate surface area is 149 Å². The van der Waals surface area contributed by atoms with Crippen LogP contribution in [0.15, 0.2) is 36.4 Å². The highest BCUT2D eigenvalue weighted by atomic mass is 35.5. The summed E-state index contributed by atoms with van der Waals surface area (Å²) in [5.74, 6) is -0.659. The summed E-state index contributed by atoms with van der Waals surface area (Å²) in [6, 6.07) is 9.68. The van der Waals surface area contributed by atoms with E-state index in [4.69, 9.17) is 32.7 Å². The second-order valence-corrected chi connectivity index (χ2v) is 5.86. The molecule has 126 valence electrons. The second kappa shape index (κ2) is 8.04. The zero-order chi connectivity index (χ0) is 17.7. The molecular formula is C17H15Cl2NO4. The molecule has 1 amide bonds. The van der Waals surface area contributed by atoms with Crippen LogP contribution in [0, 0.1) is 6.92 Å². The highest BCUT2D eigenvalue weighted by Gasteiger charge is 2.13. The van der Waals surface area contributed by atoms with Crippen molar-refractivity contribution in [3.8, 4) is 5.75 Å². The number of aryl methyl sites for hydroxylation is 1. The minimum Gasteiger partial charge on any atom is -0.495 e. The smallest absolute Gasteiger partial charge is 0.338 e. The third-order valence-corrected chi connectivity index (χ3v) is 3.50. The molecule has 2 aromatic carbocycles. The minimum absolute atomic E-state index is 0.174. The molecule has 0 saturated heterocycles. The van der Waals surface area contributed by atoms with Crippen molar-refractivity contribution in [2.45, 2.75) is 6.92 Å². The normalized spacial score (nSPS) is 10.2. The number of amides is 1. The van der Waals surface area contributed by atoms with E-state index in [9.17, 15) is 9.59 Å². The van der Waals surface area contributed by atoms with Crippen LogP contribution in [-0.2, 0) is 9.53 Å². The van der Waals surface area contributed by atoms with Crippen molar-refractivity contribution in [3.05, 3.63) is 57.6 Å². The highest BCUT2D eigenvalue weighted by Crippen LogP contribution is 2.25. The number of esters is 1. The molecule has 0 heterocycles. The van der Waals surface area contributed by atoms with Gasteiger partial charge in [-0.3, -0.25) is 4.79 Å². The van der Waals surface area contributed by atoms with Gasteiger partial charge < -0.3 is 14.8 Å². The van der Waals surface area contributed by atoms with E-state index in [0.717, 1.165) is 5.56 Å². The van der Waals surface area contributed by atoms with E-state index >= 15 is 0 Å².